The lowest BCUT2D eigenvalue weighted by Gasteiger charge is -2.11. The summed E-state index contributed by atoms with van der Waals surface area (Å²) in [5.74, 6) is 0.990. The summed E-state index contributed by atoms with van der Waals surface area (Å²) in [6, 6.07) is 43.9. The molecule has 0 N–H and O–H groups in total. The number of nitrogens with zero attached hydrogens (tertiary/aromatic N) is 1. The number of benzene rings is 6. The van der Waals surface area contributed by atoms with Crippen molar-refractivity contribution >= 4 is 43.5 Å². The highest BCUT2D eigenvalue weighted by Gasteiger charge is 2.47. The zero-order chi connectivity index (χ0) is 30.8. The summed E-state index contributed by atoms with van der Waals surface area (Å²) in [5, 5.41) is 7.58. The van der Waals surface area contributed by atoms with E-state index >= 15 is 0 Å². The number of hydrogen-bond acceptors (Lipinski definition) is 1. The Labute approximate surface area is 268 Å². The molecule has 2 nitrogen and oxygen atoms in total. The van der Waals surface area contributed by atoms with Gasteiger partial charge in [0.1, 0.15) is 11.2 Å². The minimum atomic E-state index is 0.174. The van der Waals surface area contributed by atoms with E-state index in [1.54, 1.807) is 0 Å². The molecular formula is C44H34NO+. The van der Waals surface area contributed by atoms with Crippen LogP contribution in [0.5, 0.6) is 0 Å². The van der Waals surface area contributed by atoms with E-state index in [2.05, 4.69) is 141 Å². The lowest BCUT2D eigenvalue weighted by molar-refractivity contribution is -0.672. The predicted molar refractivity (Wildman–Crippen MR) is 191 cm³/mol. The van der Waals surface area contributed by atoms with Gasteiger partial charge in [-0.15, -0.1) is 0 Å². The summed E-state index contributed by atoms with van der Waals surface area (Å²) in [7, 11) is 0. The van der Waals surface area contributed by atoms with E-state index in [0.29, 0.717) is 11.8 Å². The molecule has 2 aliphatic rings. The monoisotopic (exact) mass is 592 g/mol. The Morgan fingerprint density at radius 3 is 1.70 bits per heavy atom. The van der Waals surface area contributed by atoms with Gasteiger partial charge in [0, 0.05) is 34.0 Å². The van der Waals surface area contributed by atoms with Gasteiger partial charge >= 0.3 is 0 Å². The quantitative estimate of drug-likeness (QED) is 0.187. The van der Waals surface area contributed by atoms with Crippen LogP contribution >= 0.6 is 0 Å². The van der Waals surface area contributed by atoms with Crippen LogP contribution in [-0.2, 0) is 0 Å². The number of hydrogen-bond donors (Lipinski definition) is 0. The fourth-order valence-corrected chi connectivity index (χ4v) is 8.10. The zero-order valence-corrected chi connectivity index (χ0v) is 26.6. The second kappa shape index (κ2) is 9.17. The standard InChI is InChI=1S/C44H34NO/c1-24(2)26-9-11-28-18-38-35(20-31(28)15-26)40-22-33(30-13-14-43-37(17-30)34-7-5-6-8-42(34)46-43)23-41-36-21-32-16-27(25(3)4)10-12-29(32)19-39(36)44(38)45(40)41/h5-25,44H,1-4H3/q+1. The normalized spacial score (nSPS) is 13.5. The summed E-state index contributed by atoms with van der Waals surface area (Å²) in [4.78, 5) is 0. The molecule has 10 rings (SSSR count). The minimum Gasteiger partial charge on any atom is -0.456 e. The Bertz CT molecular complexity index is 2480. The van der Waals surface area contributed by atoms with Gasteiger partial charge in [0.15, 0.2) is 0 Å². The fourth-order valence-electron chi connectivity index (χ4n) is 8.10. The Kier molecular flexibility index (Phi) is 5.19. The van der Waals surface area contributed by atoms with Crippen LogP contribution in [0.1, 0.15) is 67.8 Å². The van der Waals surface area contributed by atoms with Gasteiger partial charge in [0.05, 0.1) is 11.1 Å². The van der Waals surface area contributed by atoms with Crippen molar-refractivity contribution in [1.29, 1.82) is 0 Å². The van der Waals surface area contributed by atoms with Gasteiger partial charge in [-0.3, -0.25) is 0 Å². The van der Waals surface area contributed by atoms with Crippen LogP contribution in [0.25, 0.3) is 77.1 Å². The van der Waals surface area contributed by atoms with E-state index in [0.717, 1.165) is 21.9 Å². The van der Waals surface area contributed by atoms with E-state index in [1.165, 1.54) is 77.4 Å². The molecule has 4 heterocycles. The predicted octanol–water partition coefficient (Wildman–Crippen LogP) is 11.7. The lowest BCUT2D eigenvalue weighted by Crippen LogP contribution is -2.36. The maximum absolute atomic E-state index is 6.19. The average Bonchev–Trinajstić information content (AvgIpc) is 3.71. The molecule has 0 fully saturated rings. The highest BCUT2D eigenvalue weighted by molar-refractivity contribution is 6.06. The first-order valence-corrected chi connectivity index (χ1v) is 16.6. The van der Waals surface area contributed by atoms with Gasteiger partial charge < -0.3 is 4.42 Å². The number of para-hydroxylation sites is 1. The Balaban J connectivity index is 1.26. The molecule has 0 bridgehead atoms. The van der Waals surface area contributed by atoms with Crippen LogP contribution in [0.15, 0.2) is 120 Å². The topological polar surface area (TPSA) is 17.0 Å². The van der Waals surface area contributed by atoms with Crippen LogP contribution in [0.4, 0.5) is 0 Å². The number of rotatable bonds is 3. The third-order valence-corrected chi connectivity index (χ3v) is 10.6. The molecule has 2 aliphatic heterocycles. The molecule has 0 amide bonds. The maximum atomic E-state index is 6.19. The molecule has 0 atom stereocenters. The van der Waals surface area contributed by atoms with Gasteiger partial charge in [-0.25, -0.2) is 0 Å². The molecule has 0 saturated heterocycles. The highest BCUT2D eigenvalue weighted by atomic mass is 16.3. The smallest absolute Gasteiger partial charge is 0.215 e. The molecule has 220 valence electrons. The Morgan fingerprint density at radius 1 is 0.500 bits per heavy atom. The van der Waals surface area contributed by atoms with Crippen molar-refractivity contribution in [2.45, 2.75) is 45.6 Å². The van der Waals surface area contributed by atoms with Crippen molar-refractivity contribution in [3.8, 4) is 33.6 Å². The Hall–Kier alpha value is -5.21. The second-order valence-corrected chi connectivity index (χ2v) is 14.0. The summed E-state index contributed by atoms with van der Waals surface area (Å²) in [5.41, 5.74) is 15.2. The molecule has 8 aromatic rings. The van der Waals surface area contributed by atoms with E-state index in [-0.39, 0.29) is 6.04 Å². The molecule has 0 spiro atoms. The molecule has 0 aliphatic carbocycles. The first kappa shape index (κ1) is 26.1. The van der Waals surface area contributed by atoms with Gasteiger partial charge in [-0.2, -0.15) is 4.57 Å². The molecule has 0 saturated carbocycles. The van der Waals surface area contributed by atoms with Crippen molar-refractivity contribution in [1.82, 2.24) is 0 Å². The number of fused-ring (bicyclic) bond motifs is 11. The molecule has 46 heavy (non-hydrogen) atoms. The van der Waals surface area contributed by atoms with E-state index in [1.807, 2.05) is 6.07 Å². The van der Waals surface area contributed by atoms with Crippen LogP contribution in [0, 0.1) is 0 Å². The molecular weight excluding hydrogens is 558 g/mol. The van der Waals surface area contributed by atoms with Gasteiger partial charge in [0.2, 0.25) is 17.4 Å². The van der Waals surface area contributed by atoms with Crippen LogP contribution in [0.3, 0.4) is 0 Å². The van der Waals surface area contributed by atoms with Crippen molar-refractivity contribution in [3.05, 3.63) is 138 Å². The second-order valence-electron chi connectivity index (χ2n) is 14.0. The summed E-state index contributed by atoms with van der Waals surface area (Å²) in [6.07, 6.45) is 0. The summed E-state index contributed by atoms with van der Waals surface area (Å²) in [6.45, 7) is 9.10. The number of aromatic nitrogens is 1. The van der Waals surface area contributed by atoms with Crippen LogP contribution < -0.4 is 4.57 Å². The Morgan fingerprint density at radius 2 is 1.09 bits per heavy atom. The van der Waals surface area contributed by atoms with Gasteiger partial charge in [-0.1, -0.05) is 88.4 Å². The molecule has 0 radical (unpaired) electrons. The first-order valence-electron chi connectivity index (χ1n) is 16.6. The average molecular weight is 593 g/mol. The summed E-state index contributed by atoms with van der Waals surface area (Å²) >= 11 is 0. The highest BCUT2D eigenvalue weighted by Crippen LogP contribution is 2.50. The van der Waals surface area contributed by atoms with Crippen molar-refractivity contribution in [3.63, 3.8) is 0 Å². The number of furan rings is 1. The number of pyridine rings is 1. The zero-order valence-electron chi connectivity index (χ0n) is 26.6. The van der Waals surface area contributed by atoms with E-state index < -0.39 is 0 Å². The van der Waals surface area contributed by atoms with Crippen LogP contribution in [0.2, 0.25) is 0 Å². The van der Waals surface area contributed by atoms with Crippen molar-refractivity contribution in [2.24, 2.45) is 0 Å². The van der Waals surface area contributed by atoms with Gasteiger partial charge in [0.25, 0.3) is 0 Å². The lowest BCUT2D eigenvalue weighted by atomic mass is 9.88. The molecule has 2 heteroatoms. The SMILES string of the molecule is CC(C)c1ccc2cc3c(cc2c1)-c1cc(-c2ccc4oc5ccccc5c4c2)cc2[n+]1C3c1cc3ccc(C(C)C)cc3cc1-2. The van der Waals surface area contributed by atoms with E-state index in [4.69, 9.17) is 4.42 Å². The third kappa shape index (κ3) is 3.56. The maximum Gasteiger partial charge on any atom is 0.215 e. The van der Waals surface area contributed by atoms with E-state index in [9.17, 15) is 0 Å². The molecule has 2 aromatic heterocycles. The van der Waals surface area contributed by atoms with Crippen molar-refractivity contribution in [2.75, 3.05) is 0 Å². The third-order valence-electron chi connectivity index (χ3n) is 10.6. The largest absolute Gasteiger partial charge is 0.456 e. The fraction of sp³-hybridized carbons (Fsp3) is 0.159. The van der Waals surface area contributed by atoms with Crippen molar-refractivity contribution < 1.29 is 8.98 Å². The molecule has 0 unspecified atom stereocenters. The van der Waals surface area contributed by atoms with Crippen LogP contribution in [-0.4, -0.2) is 0 Å². The molecule has 6 aromatic carbocycles. The minimum absolute atomic E-state index is 0.174. The summed E-state index contributed by atoms with van der Waals surface area (Å²) < 4.78 is 8.80. The first-order chi connectivity index (χ1) is 22.4. The van der Waals surface area contributed by atoms with Gasteiger partial charge in [-0.05, 0) is 98.1 Å².